The largest absolute Gasteiger partial charge is 0.356 e. The molecule has 1 aliphatic heterocycles. The quantitative estimate of drug-likeness (QED) is 0.685. The van der Waals surface area contributed by atoms with Crippen LogP contribution in [0.15, 0.2) is 77.8 Å². The fraction of sp³-hybridized carbons (Fsp3) is 0.0909. The Labute approximate surface area is 162 Å². The Balaban J connectivity index is 1.80. The van der Waals surface area contributed by atoms with Crippen LogP contribution in [0.25, 0.3) is 0 Å². The van der Waals surface area contributed by atoms with E-state index in [1.807, 2.05) is 73.7 Å². The number of benzene rings is 3. The maximum atomic E-state index is 12.8. The molecule has 0 saturated carbocycles. The van der Waals surface area contributed by atoms with Gasteiger partial charge in [0.05, 0.1) is 11.4 Å². The van der Waals surface area contributed by atoms with Gasteiger partial charge in [-0.15, -0.1) is 0 Å². The summed E-state index contributed by atoms with van der Waals surface area (Å²) in [5, 5.41) is 6.76. The van der Waals surface area contributed by atoms with Crippen LogP contribution < -0.4 is 10.6 Å². The summed E-state index contributed by atoms with van der Waals surface area (Å²) in [5.41, 5.74) is 5.13. The molecule has 0 fully saturated rings. The number of aryl methyl sites for hydroxylation is 1. The van der Waals surface area contributed by atoms with Crippen molar-refractivity contribution < 1.29 is 4.79 Å². The Kier molecular flexibility index (Phi) is 4.65. The second kappa shape index (κ2) is 7.25. The monoisotopic (exact) mass is 375 g/mol. The maximum absolute atomic E-state index is 12.8. The van der Waals surface area contributed by atoms with E-state index in [0.717, 1.165) is 28.1 Å². The Bertz CT molecular complexity index is 1010. The number of hydrogen-bond acceptors (Lipinski definition) is 3. The third-order valence-corrected chi connectivity index (χ3v) is 4.64. The zero-order valence-corrected chi connectivity index (χ0v) is 15.5. The lowest BCUT2D eigenvalue weighted by atomic mass is 10.0. The maximum Gasteiger partial charge on any atom is 0.269 e. The number of nitrogens with zero attached hydrogens (tertiary/aromatic N) is 1. The number of amides is 1. The van der Waals surface area contributed by atoms with Gasteiger partial charge in [-0.25, -0.2) is 4.99 Å². The van der Waals surface area contributed by atoms with Crippen LogP contribution in [0.2, 0.25) is 5.02 Å². The molecular formula is C22H18ClN3O. The molecule has 0 spiro atoms. The molecular weight excluding hydrogens is 358 g/mol. The standard InChI is InChI=1S/C22H18ClN3O/c1-14-7-10-17(11-8-14)24-21-22(27)25-19-12-9-16(23)13-18(19)20(26-21)15-5-3-2-4-6-15/h2-13,21,24H,1H3,(H,25,27). The zero-order chi connectivity index (χ0) is 18.8. The molecule has 5 heteroatoms. The zero-order valence-electron chi connectivity index (χ0n) is 14.7. The number of aliphatic imine (C=N–C) groups is 1. The van der Waals surface area contributed by atoms with E-state index >= 15 is 0 Å². The predicted molar refractivity (Wildman–Crippen MR) is 111 cm³/mol. The van der Waals surface area contributed by atoms with Crippen molar-refractivity contribution in [2.24, 2.45) is 4.99 Å². The summed E-state index contributed by atoms with van der Waals surface area (Å²) in [4.78, 5) is 17.6. The van der Waals surface area contributed by atoms with Gasteiger partial charge < -0.3 is 10.6 Å². The van der Waals surface area contributed by atoms with Gasteiger partial charge in [-0.05, 0) is 37.3 Å². The van der Waals surface area contributed by atoms with Gasteiger partial charge in [0.2, 0.25) is 0 Å². The molecule has 1 amide bonds. The number of carbonyl (C=O) groups excluding carboxylic acids is 1. The van der Waals surface area contributed by atoms with Gasteiger partial charge in [0.1, 0.15) is 0 Å². The number of hydrogen-bond donors (Lipinski definition) is 2. The molecule has 0 aliphatic carbocycles. The van der Waals surface area contributed by atoms with Crippen molar-refractivity contribution in [2.75, 3.05) is 10.6 Å². The van der Waals surface area contributed by atoms with E-state index in [9.17, 15) is 4.79 Å². The summed E-state index contributed by atoms with van der Waals surface area (Å²) in [6, 6.07) is 23.1. The Hall–Kier alpha value is -3.11. The second-order valence-electron chi connectivity index (χ2n) is 6.44. The third-order valence-electron chi connectivity index (χ3n) is 4.40. The number of fused-ring (bicyclic) bond motifs is 1. The summed E-state index contributed by atoms with van der Waals surface area (Å²) in [7, 11) is 0. The van der Waals surface area contributed by atoms with E-state index < -0.39 is 6.17 Å². The molecule has 2 N–H and O–H groups in total. The molecule has 0 radical (unpaired) electrons. The molecule has 27 heavy (non-hydrogen) atoms. The minimum absolute atomic E-state index is 0.218. The number of halogens is 1. The molecule has 1 aliphatic rings. The average molecular weight is 376 g/mol. The number of anilines is 2. The summed E-state index contributed by atoms with van der Waals surface area (Å²) >= 11 is 6.22. The van der Waals surface area contributed by atoms with Gasteiger partial charge in [0, 0.05) is 21.8 Å². The SMILES string of the molecule is Cc1ccc(NC2N=C(c3ccccc3)c3cc(Cl)ccc3NC2=O)cc1. The van der Waals surface area contributed by atoms with Crippen molar-refractivity contribution in [1.82, 2.24) is 0 Å². The van der Waals surface area contributed by atoms with Crippen LogP contribution in [0, 0.1) is 6.92 Å². The predicted octanol–water partition coefficient (Wildman–Crippen LogP) is 4.88. The first kappa shape index (κ1) is 17.3. The topological polar surface area (TPSA) is 53.5 Å². The van der Waals surface area contributed by atoms with Crippen molar-refractivity contribution in [1.29, 1.82) is 0 Å². The molecule has 4 nitrogen and oxygen atoms in total. The van der Waals surface area contributed by atoms with Crippen LogP contribution in [0.5, 0.6) is 0 Å². The Morgan fingerprint density at radius 3 is 2.48 bits per heavy atom. The molecule has 4 rings (SSSR count). The number of rotatable bonds is 3. The number of nitrogens with one attached hydrogen (secondary N) is 2. The van der Waals surface area contributed by atoms with Crippen LogP contribution in [-0.2, 0) is 4.79 Å². The van der Waals surface area contributed by atoms with E-state index in [0.29, 0.717) is 10.7 Å². The van der Waals surface area contributed by atoms with Crippen molar-refractivity contribution in [3.8, 4) is 0 Å². The van der Waals surface area contributed by atoms with Crippen molar-refractivity contribution in [3.05, 3.63) is 94.5 Å². The lowest BCUT2D eigenvalue weighted by molar-refractivity contribution is -0.116. The molecule has 1 atom stereocenters. The molecule has 0 saturated heterocycles. The van der Waals surface area contributed by atoms with Crippen molar-refractivity contribution >= 4 is 34.6 Å². The van der Waals surface area contributed by atoms with Gasteiger partial charge >= 0.3 is 0 Å². The fourth-order valence-corrected chi connectivity index (χ4v) is 3.18. The highest BCUT2D eigenvalue weighted by Gasteiger charge is 2.26. The third kappa shape index (κ3) is 3.71. The molecule has 1 unspecified atom stereocenters. The van der Waals surface area contributed by atoms with Gasteiger partial charge in [0.25, 0.3) is 5.91 Å². The lowest BCUT2D eigenvalue weighted by Crippen LogP contribution is -2.32. The number of benzodiazepines with no additional fused rings is 1. The highest BCUT2D eigenvalue weighted by molar-refractivity contribution is 6.32. The highest BCUT2D eigenvalue weighted by Crippen LogP contribution is 2.27. The summed E-state index contributed by atoms with van der Waals surface area (Å²) < 4.78 is 0. The van der Waals surface area contributed by atoms with Crippen LogP contribution in [0.4, 0.5) is 11.4 Å². The van der Waals surface area contributed by atoms with E-state index in [1.54, 1.807) is 6.07 Å². The van der Waals surface area contributed by atoms with E-state index in [4.69, 9.17) is 16.6 Å². The molecule has 0 bridgehead atoms. The second-order valence-corrected chi connectivity index (χ2v) is 6.87. The van der Waals surface area contributed by atoms with E-state index in [2.05, 4.69) is 10.6 Å². The first-order valence-electron chi connectivity index (χ1n) is 8.67. The molecule has 3 aromatic carbocycles. The first-order chi connectivity index (χ1) is 13.1. The Morgan fingerprint density at radius 2 is 1.74 bits per heavy atom. The van der Waals surface area contributed by atoms with Crippen molar-refractivity contribution in [3.63, 3.8) is 0 Å². The normalized spacial score (nSPS) is 16.0. The molecule has 3 aromatic rings. The summed E-state index contributed by atoms with van der Waals surface area (Å²) in [6.45, 7) is 2.02. The molecule has 1 heterocycles. The molecule has 134 valence electrons. The van der Waals surface area contributed by atoms with Gasteiger partial charge in [-0.3, -0.25) is 4.79 Å². The minimum Gasteiger partial charge on any atom is -0.356 e. The number of carbonyl (C=O) groups is 1. The smallest absolute Gasteiger partial charge is 0.269 e. The fourth-order valence-electron chi connectivity index (χ4n) is 3.01. The van der Waals surface area contributed by atoms with E-state index in [1.165, 1.54) is 0 Å². The van der Waals surface area contributed by atoms with Crippen LogP contribution >= 0.6 is 11.6 Å². The molecule has 0 aromatic heterocycles. The van der Waals surface area contributed by atoms with Gasteiger partial charge in [-0.2, -0.15) is 0 Å². The average Bonchev–Trinajstić information content (AvgIpc) is 2.81. The summed E-state index contributed by atoms with van der Waals surface area (Å²) in [5.74, 6) is -0.218. The Morgan fingerprint density at radius 1 is 1.00 bits per heavy atom. The van der Waals surface area contributed by atoms with Gasteiger partial charge in [-0.1, -0.05) is 59.6 Å². The van der Waals surface area contributed by atoms with Crippen LogP contribution in [-0.4, -0.2) is 17.8 Å². The van der Waals surface area contributed by atoms with Gasteiger partial charge in [0.15, 0.2) is 6.17 Å². The highest BCUT2D eigenvalue weighted by atomic mass is 35.5. The van der Waals surface area contributed by atoms with Crippen LogP contribution in [0.1, 0.15) is 16.7 Å². The van der Waals surface area contributed by atoms with Crippen LogP contribution in [0.3, 0.4) is 0 Å². The van der Waals surface area contributed by atoms with Crippen molar-refractivity contribution in [2.45, 2.75) is 13.1 Å². The minimum atomic E-state index is -0.755. The summed E-state index contributed by atoms with van der Waals surface area (Å²) in [6.07, 6.45) is -0.755. The van der Waals surface area contributed by atoms with E-state index in [-0.39, 0.29) is 5.91 Å². The first-order valence-corrected chi connectivity index (χ1v) is 9.05. The lowest BCUT2D eigenvalue weighted by Gasteiger charge is -2.14.